The fraction of sp³-hybridized carbons (Fsp3) is 0.0385. The summed E-state index contributed by atoms with van der Waals surface area (Å²) in [6.07, 6.45) is 9.26. The standard InChI is InChI=1S/C52H34/c1-2-19-36-33(15-1)16-14-30-37(36)34-17-13-18-35(31-34)50-44-26-9-11-28-46(44)52(47-29-12-10-27-45(47)50)49-32-48-40-22-4-3-20-38(40)39-21-5-7-24-42(39)51(48)43-25-8-6-23-41(43)49/h1-32,39,42H. The summed E-state index contributed by atoms with van der Waals surface area (Å²) in [7, 11) is 0. The van der Waals surface area contributed by atoms with Gasteiger partial charge >= 0.3 is 0 Å². The smallest absolute Gasteiger partial charge is 0.0137 e. The summed E-state index contributed by atoms with van der Waals surface area (Å²) in [5, 5.41) is 10.3. The Morgan fingerprint density at radius 2 is 0.846 bits per heavy atom. The quantitative estimate of drug-likeness (QED) is 0.166. The first kappa shape index (κ1) is 29.3. The Labute approximate surface area is 303 Å². The van der Waals surface area contributed by atoms with Gasteiger partial charge in [0.1, 0.15) is 0 Å². The first-order chi connectivity index (χ1) is 25.8. The van der Waals surface area contributed by atoms with E-state index in [-0.39, 0.29) is 0 Å². The Morgan fingerprint density at radius 3 is 1.62 bits per heavy atom. The van der Waals surface area contributed by atoms with Crippen LogP contribution in [0.25, 0.3) is 87.6 Å². The van der Waals surface area contributed by atoms with Crippen LogP contribution in [0.2, 0.25) is 0 Å². The maximum atomic E-state index is 2.52. The van der Waals surface area contributed by atoms with E-state index in [1.807, 2.05) is 0 Å². The summed E-state index contributed by atoms with van der Waals surface area (Å²) < 4.78 is 0. The van der Waals surface area contributed by atoms with Gasteiger partial charge in [0.2, 0.25) is 0 Å². The molecule has 0 saturated heterocycles. The molecule has 0 spiro atoms. The molecular weight excluding hydrogens is 625 g/mol. The summed E-state index contributed by atoms with van der Waals surface area (Å²) >= 11 is 0. The molecule has 9 aromatic rings. The molecule has 2 aliphatic rings. The van der Waals surface area contributed by atoms with Crippen molar-refractivity contribution in [3.63, 3.8) is 0 Å². The van der Waals surface area contributed by atoms with E-state index in [1.165, 1.54) is 98.7 Å². The maximum absolute atomic E-state index is 2.52. The molecule has 0 heterocycles. The Balaban J connectivity index is 1.21. The van der Waals surface area contributed by atoms with Crippen molar-refractivity contribution in [2.75, 3.05) is 0 Å². The molecule has 0 bridgehead atoms. The third-order valence-electron chi connectivity index (χ3n) is 11.6. The minimum Gasteiger partial charge on any atom is -0.0761 e. The fourth-order valence-corrected chi connectivity index (χ4v) is 9.45. The number of hydrogen-bond acceptors (Lipinski definition) is 0. The molecule has 2 unspecified atom stereocenters. The molecule has 0 fully saturated rings. The average Bonchev–Trinajstić information content (AvgIpc) is 3.22. The molecule has 0 N–H and O–H groups in total. The molecule has 0 radical (unpaired) electrons. The van der Waals surface area contributed by atoms with Gasteiger partial charge in [0.15, 0.2) is 0 Å². The fourth-order valence-electron chi connectivity index (χ4n) is 9.45. The highest BCUT2D eigenvalue weighted by molar-refractivity contribution is 6.24. The lowest BCUT2D eigenvalue weighted by Gasteiger charge is -2.35. The van der Waals surface area contributed by atoms with Gasteiger partial charge in [-0.25, -0.2) is 0 Å². The van der Waals surface area contributed by atoms with Crippen LogP contribution >= 0.6 is 0 Å². The van der Waals surface area contributed by atoms with Crippen molar-refractivity contribution in [3.05, 3.63) is 205 Å². The third kappa shape index (κ3) is 4.28. The van der Waals surface area contributed by atoms with Gasteiger partial charge in [-0.05, 0) is 111 Å². The van der Waals surface area contributed by atoms with Gasteiger partial charge in [0.05, 0.1) is 0 Å². The SMILES string of the molecule is C1=CC2c3ccccc3-c3cc(-c4c5ccccc5c(-c5cccc(-c6cccc7ccccc67)c5)c5ccccc45)c4ccccc4c3C2C=C1. The normalized spacial score (nSPS) is 15.9. The summed E-state index contributed by atoms with van der Waals surface area (Å²) in [5.41, 5.74) is 13.2. The van der Waals surface area contributed by atoms with Gasteiger partial charge < -0.3 is 0 Å². The second-order valence-electron chi connectivity index (χ2n) is 14.3. The largest absolute Gasteiger partial charge is 0.0761 e. The van der Waals surface area contributed by atoms with E-state index in [9.17, 15) is 0 Å². The van der Waals surface area contributed by atoms with Crippen LogP contribution in [0.4, 0.5) is 0 Å². The molecule has 0 amide bonds. The van der Waals surface area contributed by atoms with E-state index in [0.29, 0.717) is 11.8 Å². The topological polar surface area (TPSA) is 0 Å². The number of hydrogen-bond donors (Lipinski definition) is 0. The number of benzene rings is 9. The van der Waals surface area contributed by atoms with Crippen molar-refractivity contribution in [1.82, 2.24) is 0 Å². The molecule has 0 heteroatoms. The maximum Gasteiger partial charge on any atom is 0.0137 e. The van der Waals surface area contributed by atoms with Gasteiger partial charge in [-0.15, -0.1) is 0 Å². The van der Waals surface area contributed by atoms with E-state index in [0.717, 1.165) is 0 Å². The van der Waals surface area contributed by atoms with Gasteiger partial charge in [-0.2, -0.15) is 0 Å². The van der Waals surface area contributed by atoms with Crippen LogP contribution in [0.3, 0.4) is 0 Å². The second kappa shape index (κ2) is 11.5. The van der Waals surface area contributed by atoms with Gasteiger partial charge in [-0.3, -0.25) is 0 Å². The van der Waals surface area contributed by atoms with Gasteiger partial charge in [0.25, 0.3) is 0 Å². The summed E-state index contributed by atoms with van der Waals surface area (Å²) in [4.78, 5) is 0. The van der Waals surface area contributed by atoms with Crippen molar-refractivity contribution in [3.8, 4) is 44.5 Å². The highest BCUT2D eigenvalue weighted by Gasteiger charge is 2.34. The minimum atomic E-state index is 0.304. The van der Waals surface area contributed by atoms with Crippen molar-refractivity contribution < 1.29 is 0 Å². The number of allylic oxidation sites excluding steroid dienone is 4. The first-order valence-electron chi connectivity index (χ1n) is 18.4. The lowest BCUT2D eigenvalue weighted by molar-refractivity contribution is 0.725. The summed E-state index contributed by atoms with van der Waals surface area (Å²) in [5.74, 6) is 0.646. The van der Waals surface area contributed by atoms with Crippen LogP contribution in [0.15, 0.2) is 194 Å². The van der Waals surface area contributed by atoms with E-state index >= 15 is 0 Å². The second-order valence-corrected chi connectivity index (χ2v) is 14.3. The van der Waals surface area contributed by atoms with E-state index in [1.54, 1.807) is 0 Å². The summed E-state index contributed by atoms with van der Waals surface area (Å²) in [6, 6.07) is 63.3. The van der Waals surface area contributed by atoms with Crippen LogP contribution in [-0.4, -0.2) is 0 Å². The Hall–Kier alpha value is -6.50. The molecular formula is C52H34. The van der Waals surface area contributed by atoms with Crippen molar-refractivity contribution in [2.45, 2.75) is 11.8 Å². The van der Waals surface area contributed by atoms with Crippen LogP contribution in [0.5, 0.6) is 0 Å². The molecule has 0 aliphatic heterocycles. The van der Waals surface area contributed by atoms with E-state index in [4.69, 9.17) is 0 Å². The third-order valence-corrected chi connectivity index (χ3v) is 11.6. The molecule has 52 heavy (non-hydrogen) atoms. The van der Waals surface area contributed by atoms with Gasteiger partial charge in [0, 0.05) is 11.8 Å². The highest BCUT2D eigenvalue weighted by Crippen LogP contribution is 2.54. The predicted molar refractivity (Wildman–Crippen MR) is 222 cm³/mol. The zero-order valence-electron chi connectivity index (χ0n) is 28.6. The van der Waals surface area contributed by atoms with Crippen molar-refractivity contribution in [1.29, 1.82) is 0 Å². The van der Waals surface area contributed by atoms with Crippen LogP contribution in [-0.2, 0) is 0 Å². The molecule has 0 nitrogen and oxygen atoms in total. The molecule has 2 atom stereocenters. The lowest BCUT2D eigenvalue weighted by atomic mass is 9.68. The molecule has 11 rings (SSSR count). The van der Waals surface area contributed by atoms with E-state index in [2.05, 4.69) is 194 Å². The lowest BCUT2D eigenvalue weighted by Crippen LogP contribution is -2.17. The molecule has 9 aromatic carbocycles. The Morgan fingerprint density at radius 1 is 0.308 bits per heavy atom. The number of fused-ring (bicyclic) bond motifs is 11. The number of rotatable bonds is 3. The molecule has 0 saturated carbocycles. The minimum absolute atomic E-state index is 0.304. The van der Waals surface area contributed by atoms with Crippen LogP contribution in [0, 0.1) is 0 Å². The van der Waals surface area contributed by atoms with Crippen LogP contribution in [0.1, 0.15) is 23.0 Å². The zero-order chi connectivity index (χ0) is 34.2. The van der Waals surface area contributed by atoms with Gasteiger partial charge in [-0.1, -0.05) is 182 Å². The van der Waals surface area contributed by atoms with Crippen molar-refractivity contribution in [2.24, 2.45) is 0 Å². The van der Waals surface area contributed by atoms with E-state index < -0.39 is 0 Å². The predicted octanol–water partition coefficient (Wildman–Crippen LogP) is 14.3. The molecule has 242 valence electrons. The van der Waals surface area contributed by atoms with Crippen LogP contribution < -0.4 is 0 Å². The first-order valence-corrected chi connectivity index (χ1v) is 18.4. The monoisotopic (exact) mass is 658 g/mol. The average molecular weight is 659 g/mol. The highest BCUT2D eigenvalue weighted by atomic mass is 14.4. The zero-order valence-corrected chi connectivity index (χ0v) is 28.6. The Kier molecular flexibility index (Phi) is 6.48. The summed E-state index contributed by atoms with van der Waals surface area (Å²) in [6.45, 7) is 0. The van der Waals surface area contributed by atoms with Crippen molar-refractivity contribution >= 4 is 43.1 Å². The molecule has 0 aromatic heterocycles. The Bertz CT molecular complexity index is 2910. The molecule has 2 aliphatic carbocycles.